The zero-order valence-corrected chi connectivity index (χ0v) is 15.3. The van der Waals surface area contributed by atoms with Crippen LogP contribution in [-0.2, 0) is 9.59 Å². The van der Waals surface area contributed by atoms with E-state index in [1.807, 2.05) is 0 Å². The van der Waals surface area contributed by atoms with Crippen molar-refractivity contribution in [1.29, 1.82) is 0 Å². The van der Waals surface area contributed by atoms with E-state index in [2.05, 4.69) is 20.8 Å². The molecule has 3 rings (SSSR count). The molecule has 4 amide bonds. The van der Waals surface area contributed by atoms with Crippen molar-refractivity contribution in [1.82, 2.24) is 20.4 Å². The molecule has 1 aromatic heterocycles. The SMILES string of the molecule is CC(C)N1C(=O)C[C@H](NC(=O)Nc2nnc(C3CCCCC3)s2)C1=O. The molecule has 2 fully saturated rings. The number of carbonyl (C=O) groups is 3. The van der Waals surface area contributed by atoms with Gasteiger partial charge in [0, 0.05) is 12.0 Å². The fraction of sp³-hybridized carbons (Fsp3) is 0.688. The molecule has 1 aliphatic carbocycles. The normalized spacial score (nSPS) is 21.9. The highest BCUT2D eigenvalue weighted by molar-refractivity contribution is 7.15. The number of carbonyl (C=O) groups excluding carboxylic acids is 3. The number of hydrogen-bond donors (Lipinski definition) is 2. The first kappa shape index (κ1) is 17.8. The van der Waals surface area contributed by atoms with Crippen LogP contribution in [0.3, 0.4) is 0 Å². The van der Waals surface area contributed by atoms with Crippen molar-refractivity contribution in [3.63, 3.8) is 0 Å². The van der Waals surface area contributed by atoms with Crippen molar-refractivity contribution in [3.8, 4) is 0 Å². The molecule has 1 aromatic rings. The Morgan fingerprint density at radius 1 is 1.20 bits per heavy atom. The average Bonchev–Trinajstić information content (AvgIpc) is 3.13. The van der Waals surface area contributed by atoms with E-state index in [4.69, 9.17) is 0 Å². The van der Waals surface area contributed by atoms with Gasteiger partial charge in [-0.15, -0.1) is 10.2 Å². The van der Waals surface area contributed by atoms with Crippen molar-refractivity contribution in [2.24, 2.45) is 0 Å². The minimum absolute atomic E-state index is 0.00607. The fourth-order valence-corrected chi connectivity index (χ4v) is 4.30. The smallest absolute Gasteiger partial charge is 0.321 e. The van der Waals surface area contributed by atoms with Gasteiger partial charge in [-0.3, -0.25) is 19.8 Å². The van der Waals surface area contributed by atoms with Crippen molar-refractivity contribution in [2.75, 3.05) is 5.32 Å². The molecule has 0 aromatic carbocycles. The Bertz CT molecular complexity index is 668. The predicted molar refractivity (Wildman–Crippen MR) is 93.3 cm³/mol. The van der Waals surface area contributed by atoms with E-state index in [1.165, 1.54) is 35.5 Å². The average molecular weight is 365 g/mol. The summed E-state index contributed by atoms with van der Waals surface area (Å²) in [5, 5.41) is 14.7. The van der Waals surface area contributed by atoms with Gasteiger partial charge in [0.15, 0.2) is 0 Å². The second-order valence-corrected chi connectivity index (χ2v) is 7.84. The Kier molecular flexibility index (Phi) is 5.31. The highest BCUT2D eigenvalue weighted by Gasteiger charge is 2.40. The maximum absolute atomic E-state index is 12.2. The lowest BCUT2D eigenvalue weighted by molar-refractivity contribution is -0.140. The molecule has 1 saturated heterocycles. The second kappa shape index (κ2) is 7.47. The number of imide groups is 1. The molecule has 1 aliphatic heterocycles. The van der Waals surface area contributed by atoms with Crippen LogP contribution in [0.5, 0.6) is 0 Å². The monoisotopic (exact) mass is 365 g/mol. The van der Waals surface area contributed by atoms with E-state index in [-0.39, 0.29) is 24.3 Å². The Morgan fingerprint density at radius 3 is 2.56 bits per heavy atom. The van der Waals surface area contributed by atoms with E-state index < -0.39 is 12.1 Å². The number of urea groups is 1. The maximum atomic E-state index is 12.2. The van der Waals surface area contributed by atoms with Crippen LogP contribution < -0.4 is 10.6 Å². The zero-order chi connectivity index (χ0) is 18.0. The molecule has 2 heterocycles. The molecule has 0 bridgehead atoms. The molecule has 9 heteroatoms. The van der Waals surface area contributed by atoms with E-state index >= 15 is 0 Å². The van der Waals surface area contributed by atoms with Crippen molar-refractivity contribution < 1.29 is 14.4 Å². The minimum Gasteiger partial charge on any atom is -0.325 e. The third kappa shape index (κ3) is 3.97. The van der Waals surface area contributed by atoms with Crippen LogP contribution in [0.2, 0.25) is 0 Å². The van der Waals surface area contributed by atoms with Crippen LogP contribution >= 0.6 is 11.3 Å². The quantitative estimate of drug-likeness (QED) is 0.796. The third-order valence-electron chi connectivity index (χ3n) is 4.62. The molecular formula is C16H23N5O3S. The maximum Gasteiger partial charge on any atom is 0.321 e. The van der Waals surface area contributed by atoms with Gasteiger partial charge in [-0.25, -0.2) is 4.79 Å². The summed E-state index contributed by atoms with van der Waals surface area (Å²) in [6, 6.07) is -1.57. The Morgan fingerprint density at radius 2 is 1.92 bits per heavy atom. The summed E-state index contributed by atoms with van der Waals surface area (Å²) < 4.78 is 0. The van der Waals surface area contributed by atoms with Gasteiger partial charge in [0.05, 0.1) is 6.42 Å². The van der Waals surface area contributed by atoms with Crippen molar-refractivity contribution >= 4 is 34.3 Å². The van der Waals surface area contributed by atoms with Crippen LogP contribution in [0.25, 0.3) is 0 Å². The van der Waals surface area contributed by atoms with Crippen LogP contribution in [0.4, 0.5) is 9.93 Å². The molecule has 1 saturated carbocycles. The lowest BCUT2D eigenvalue weighted by Crippen LogP contribution is -2.45. The van der Waals surface area contributed by atoms with E-state index in [1.54, 1.807) is 13.8 Å². The molecular weight excluding hydrogens is 342 g/mol. The number of hydrogen-bond acceptors (Lipinski definition) is 6. The predicted octanol–water partition coefficient (Wildman–Crippen LogP) is 2.24. The molecule has 2 aliphatic rings. The van der Waals surface area contributed by atoms with Crippen molar-refractivity contribution in [3.05, 3.63) is 5.01 Å². The van der Waals surface area contributed by atoms with Gasteiger partial charge >= 0.3 is 6.03 Å². The van der Waals surface area contributed by atoms with Gasteiger partial charge < -0.3 is 5.32 Å². The molecule has 1 atom stereocenters. The Hall–Kier alpha value is -2.03. The van der Waals surface area contributed by atoms with E-state index in [9.17, 15) is 14.4 Å². The molecule has 0 unspecified atom stereocenters. The van der Waals surface area contributed by atoms with Crippen molar-refractivity contribution in [2.45, 2.75) is 70.4 Å². The largest absolute Gasteiger partial charge is 0.325 e. The van der Waals surface area contributed by atoms with Crippen LogP contribution in [0.1, 0.15) is 63.3 Å². The molecule has 8 nitrogen and oxygen atoms in total. The summed E-state index contributed by atoms with van der Waals surface area (Å²) in [5.74, 6) is -0.199. The molecule has 136 valence electrons. The third-order valence-corrected chi connectivity index (χ3v) is 5.62. The highest BCUT2D eigenvalue weighted by atomic mass is 32.1. The lowest BCUT2D eigenvalue weighted by Gasteiger charge is -2.19. The molecule has 25 heavy (non-hydrogen) atoms. The highest BCUT2D eigenvalue weighted by Crippen LogP contribution is 2.35. The Balaban J connectivity index is 1.55. The summed E-state index contributed by atoms with van der Waals surface area (Å²) in [4.78, 5) is 37.4. The van der Waals surface area contributed by atoms with Crippen LogP contribution in [0.15, 0.2) is 0 Å². The number of aromatic nitrogens is 2. The van der Waals surface area contributed by atoms with E-state index in [0.717, 1.165) is 17.8 Å². The summed E-state index contributed by atoms with van der Waals surface area (Å²) in [6.07, 6.45) is 5.91. The van der Waals surface area contributed by atoms with Crippen LogP contribution in [-0.4, -0.2) is 45.0 Å². The molecule has 2 N–H and O–H groups in total. The first-order valence-corrected chi connectivity index (χ1v) is 9.54. The number of anilines is 1. The lowest BCUT2D eigenvalue weighted by atomic mass is 9.90. The first-order chi connectivity index (χ1) is 12.0. The van der Waals surface area contributed by atoms with E-state index in [0.29, 0.717) is 11.0 Å². The first-order valence-electron chi connectivity index (χ1n) is 8.72. The fourth-order valence-electron chi connectivity index (χ4n) is 3.40. The molecule has 0 spiro atoms. The van der Waals surface area contributed by atoms with Gasteiger partial charge in [0.2, 0.25) is 11.0 Å². The topological polar surface area (TPSA) is 104 Å². The number of amides is 4. The minimum atomic E-state index is -0.819. The van der Waals surface area contributed by atoms with Gasteiger partial charge in [-0.1, -0.05) is 30.6 Å². The second-order valence-electron chi connectivity index (χ2n) is 6.83. The summed E-state index contributed by atoms with van der Waals surface area (Å²) in [6.45, 7) is 3.54. The van der Waals surface area contributed by atoms with Gasteiger partial charge in [-0.05, 0) is 26.7 Å². The van der Waals surface area contributed by atoms with Crippen LogP contribution in [0, 0.1) is 0 Å². The number of nitrogens with one attached hydrogen (secondary N) is 2. The van der Waals surface area contributed by atoms with Gasteiger partial charge in [0.25, 0.3) is 5.91 Å². The summed E-state index contributed by atoms with van der Waals surface area (Å²) >= 11 is 1.38. The number of likely N-dealkylation sites (tertiary alicyclic amines) is 1. The zero-order valence-electron chi connectivity index (χ0n) is 14.4. The molecule has 0 radical (unpaired) electrons. The standard InChI is InChI=1S/C16H23N5O3S/c1-9(2)21-12(22)8-11(14(21)23)17-15(24)18-16-20-19-13(25-16)10-6-4-3-5-7-10/h9-11H,3-8H2,1-2H3,(H2,17,18,20,24)/t11-/m0/s1. The number of nitrogens with zero attached hydrogens (tertiary/aromatic N) is 3. The van der Waals surface area contributed by atoms with Gasteiger partial charge in [0.1, 0.15) is 11.0 Å². The van der Waals surface area contributed by atoms with Gasteiger partial charge in [-0.2, -0.15) is 0 Å². The Labute approximate surface area is 150 Å². The summed E-state index contributed by atoms with van der Waals surface area (Å²) in [7, 11) is 0. The summed E-state index contributed by atoms with van der Waals surface area (Å²) in [5.41, 5.74) is 0. The number of rotatable bonds is 4.